The summed E-state index contributed by atoms with van der Waals surface area (Å²) < 4.78 is 7.08. The van der Waals surface area contributed by atoms with Crippen molar-refractivity contribution in [1.29, 1.82) is 0 Å². The molecule has 2 rings (SSSR count). The molecule has 1 saturated heterocycles. The second-order valence-corrected chi connectivity index (χ2v) is 6.12. The number of ether oxygens (including phenoxy) is 1. The van der Waals surface area contributed by atoms with Gasteiger partial charge in [0, 0.05) is 39.4 Å². The standard InChI is InChI=1S/C17H29N5O2.HI/c1-4-24-16(23)15-6-10-21(11-7-15)17(18-3)19-8-5-9-22-13-14(2)12-20-22;/h12-13,15H,4-11H2,1-3H3,(H,18,19);1H. The molecule has 1 aliphatic heterocycles. The van der Waals surface area contributed by atoms with Crippen LogP contribution in [0.3, 0.4) is 0 Å². The molecule has 0 spiro atoms. The maximum absolute atomic E-state index is 11.8. The molecule has 0 atom stereocenters. The summed E-state index contributed by atoms with van der Waals surface area (Å²) in [5, 5.41) is 7.69. The highest BCUT2D eigenvalue weighted by Gasteiger charge is 2.27. The minimum Gasteiger partial charge on any atom is -0.466 e. The summed E-state index contributed by atoms with van der Waals surface area (Å²) in [6, 6.07) is 0. The molecule has 1 fully saturated rings. The van der Waals surface area contributed by atoms with E-state index >= 15 is 0 Å². The van der Waals surface area contributed by atoms with Gasteiger partial charge in [0.1, 0.15) is 0 Å². The van der Waals surface area contributed by atoms with E-state index in [1.807, 2.05) is 24.7 Å². The smallest absolute Gasteiger partial charge is 0.309 e. The molecule has 0 bridgehead atoms. The fourth-order valence-electron chi connectivity index (χ4n) is 2.95. The normalized spacial score (nSPS) is 15.6. The number of aryl methyl sites for hydroxylation is 2. The Morgan fingerprint density at radius 1 is 1.44 bits per heavy atom. The molecule has 25 heavy (non-hydrogen) atoms. The number of likely N-dealkylation sites (tertiary alicyclic amines) is 1. The number of rotatable bonds is 6. The van der Waals surface area contributed by atoms with E-state index in [0.717, 1.165) is 51.4 Å². The number of carbonyl (C=O) groups excluding carboxylic acids is 1. The number of hydrogen-bond acceptors (Lipinski definition) is 4. The molecule has 0 aliphatic carbocycles. The molecular formula is C17H30IN5O2. The lowest BCUT2D eigenvalue weighted by Crippen LogP contribution is -2.47. The van der Waals surface area contributed by atoms with Crippen molar-refractivity contribution in [3.05, 3.63) is 18.0 Å². The molecule has 0 saturated carbocycles. The minimum absolute atomic E-state index is 0. The highest BCUT2D eigenvalue weighted by atomic mass is 127. The van der Waals surface area contributed by atoms with Crippen LogP contribution in [0.5, 0.6) is 0 Å². The van der Waals surface area contributed by atoms with Crippen LogP contribution in [0.1, 0.15) is 31.7 Å². The Morgan fingerprint density at radius 2 is 2.16 bits per heavy atom. The van der Waals surface area contributed by atoms with Crippen LogP contribution >= 0.6 is 24.0 Å². The predicted octanol–water partition coefficient (Wildman–Crippen LogP) is 2.05. The van der Waals surface area contributed by atoms with Crippen molar-refractivity contribution < 1.29 is 9.53 Å². The number of halogens is 1. The minimum atomic E-state index is -0.0605. The molecule has 1 aromatic rings. The van der Waals surface area contributed by atoms with Crippen LogP contribution in [-0.2, 0) is 16.1 Å². The molecule has 0 radical (unpaired) electrons. The molecule has 142 valence electrons. The number of nitrogens with zero attached hydrogens (tertiary/aromatic N) is 4. The maximum Gasteiger partial charge on any atom is 0.309 e. The zero-order valence-electron chi connectivity index (χ0n) is 15.4. The number of piperidine rings is 1. The average molecular weight is 463 g/mol. The third kappa shape index (κ3) is 6.83. The van der Waals surface area contributed by atoms with Crippen LogP contribution in [-0.4, -0.2) is 59.9 Å². The zero-order valence-corrected chi connectivity index (χ0v) is 17.7. The van der Waals surface area contributed by atoms with Gasteiger partial charge in [0.25, 0.3) is 0 Å². The summed E-state index contributed by atoms with van der Waals surface area (Å²) in [6.07, 6.45) is 6.56. The van der Waals surface area contributed by atoms with Gasteiger partial charge >= 0.3 is 5.97 Å². The summed E-state index contributed by atoms with van der Waals surface area (Å²) in [5.74, 6) is 0.880. The number of aromatic nitrogens is 2. The quantitative estimate of drug-likeness (QED) is 0.230. The fraction of sp³-hybridized carbons (Fsp3) is 0.706. The van der Waals surface area contributed by atoms with Crippen LogP contribution in [0.4, 0.5) is 0 Å². The Hall–Kier alpha value is -1.32. The first-order valence-corrected chi connectivity index (χ1v) is 8.75. The Bertz CT molecular complexity index is 553. The van der Waals surface area contributed by atoms with Crippen LogP contribution in [0, 0.1) is 12.8 Å². The number of esters is 1. The van der Waals surface area contributed by atoms with E-state index in [0.29, 0.717) is 6.61 Å². The van der Waals surface area contributed by atoms with Crippen LogP contribution in [0.25, 0.3) is 0 Å². The van der Waals surface area contributed by atoms with E-state index in [1.165, 1.54) is 5.56 Å². The van der Waals surface area contributed by atoms with Gasteiger partial charge in [-0.3, -0.25) is 14.5 Å². The highest BCUT2D eigenvalue weighted by Crippen LogP contribution is 2.18. The molecule has 1 aromatic heterocycles. The van der Waals surface area contributed by atoms with E-state index in [4.69, 9.17) is 4.74 Å². The number of carbonyl (C=O) groups is 1. The first-order valence-electron chi connectivity index (χ1n) is 8.75. The summed E-state index contributed by atoms with van der Waals surface area (Å²) in [7, 11) is 1.80. The topological polar surface area (TPSA) is 71.8 Å². The number of aliphatic imine (C=N–C) groups is 1. The molecule has 8 heteroatoms. The van der Waals surface area contributed by atoms with Gasteiger partial charge in [0.05, 0.1) is 18.7 Å². The van der Waals surface area contributed by atoms with Crippen molar-refractivity contribution in [3.63, 3.8) is 0 Å². The van der Waals surface area contributed by atoms with Gasteiger partial charge in [-0.05, 0) is 38.7 Å². The summed E-state index contributed by atoms with van der Waals surface area (Å²) in [5.41, 5.74) is 1.18. The van der Waals surface area contributed by atoms with Crippen molar-refractivity contribution in [3.8, 4) is 0 Å². The lowest BCUT2D eigenvalue weighted by atomic mass is 9.97. The summed E-state index contributed by atoms with van der Waals surface area (Å²) in [6.45, 7) is 7.76. The average Bonchev–Trinajstić information content (AvgIpc) is 3.01. The molecule has 0 unspecified atom stereocenters. The van der Waals surface area contributed by atoms with Gasteiger partial charge < -0.3 is 15.0 Å². The number of hydrogen-bond donors (Lipinski definition) is 1. The molecule has 7 nitrogen and oxygen atoms in total. The predicted molar refractivity (Wildman–Crippen MR) is 109 cm³/mol. The van der Waals surface area contributed by atoms with E-state index < -0.39 is 0 Å². The van der Waals surface area contributed by atoms with Gasteiger partial charge in [0.2, 0.25) is 0 Å². The van der Waals surface area contributed by atoms with E-state index in [1.54, 1.807) is 7.05 Å². The van der Waals surface area contributed by atoms with Crippen LogP contribution < -0.4 is 5.32 Å². The highest BCUT2D eigenvalue weighted by molar-refractivity contribution is 14.0. The van der Waals surface area contributed by atoms with Crippen molar-refractivity contribution in [2.24, 2.45) is 10.9 Å². The molecule has 1 N–H and O–H groups in total. The lowest BCUT2D eigenvalue weighted by Gasteiger charge is -2.33. The molecule has 2 heterocycles. The largest absolute Gasteiger partial charge is 0.466 e. The maximum atomic E-state index is 11.8. The van der Waals surface area contributed by atoms with Crippen molar-refractivity contribution >= 4 is 35.9 Å². The first-order chi connectivity index (χ1) is 11.6. The van der Waals surface area contributed by atoms with Gasteiger partial charge in [-0.25, -0.2) is 0 Å². The second-order valence-electron chi connectivity index (χ2n) is 6.12. The molecule has 0 amide bonds. The zero-order chi connectivity index (χ0) is 17.4. The SMILES string of the molecule is CCOC(=O)C1CCN(C(=NC)NCCCn2cc(C)cn2)CC1.I. The number of guanidine groups is 1. The summed E-state index contributed by atoms with van der Waals surface area (Å²) >= 11 is 0. The number of nitrogens with one attached hydrogen (secondary N) is 1. The van der Waals surface area contributed by atoms with Gasteiger partial charge in [0.15, 0.2) is 5.96 Å². The lowest BCUT2D eigenvalue weighted by molar-refractivity contribution is -0.149. The van der Waals surface area contributed by atoms with Gasteiger partial charge in [-0.15, -0.1) is 24.0 Å². The first kappa shape index (κ1) is 21.7. The molecule has 1 aliphatic rings. The fourth-order valence-corrected chi connectivity index (χ4v) is 2.95. The van der Waals surface area contributed by atoms with E-state index in [-0.39, 0.29) is 35.9 Å². The van der Waals surface area contributed by atoms with Crippen molar-refractivity contribution in [2.75, 3.05) is 33.3 Å². The van der Waals surface area contributed by atoms with E-state index in [2.05, 4.69) is 26.5 Å². The van der Waals surface area contributed by atoms with E-state index in [9.17, 15) is 4.79 Å². The Balaban J connectivity index is 0.00000312. The van der Waals surface area contributed by atoms with Crippen LogP contribution in [0.15, 0.2) is 17.4 Å². The monoisotopic (exact) mass is 463 g/mol. The Morgan fingerprint density at radius 3 is 2.72 bits per heavy atom. The van der Waals surface area contributed by atoms with Crippen LogP contribution in [0.2, 0.25) is 0 Å². The van der Waals surface area contributed by atoms with Gasteiger partial charge in [-0.2, -0.15) is 5.10 Å². The molecular weight excluding hydrogens is 433 g/mol. The third-order valence-electron chi connectivity index (χ3n) is 4.24. The Kier molecular flexibility index (Phi) is 9.84. The molecule has 0 aromatic carbocycles. The van der Waals surface area contributed by atoms with Crippen molar-refractivity contribution in [2.45, 2.75) is 39.7 Å². The summed E-state index contributed by atoms with van der Waals surface area (Å²) in [4.78, 5) is 18.4. The third-order valence-corrected chi connectivity index (χ3v) is 4.24. The van der Waals surface area contributed by atoms with Crippen molar-refractivity contribution in [1.82, 2.24) is 20.0 Å². The Labute approximate surface area is 167 Å². The van der Waals surface area contributed by atoms with Gasteiger partial charge in [-0.1, -0.05) is 0 Å². The second kappa shape index (κ2) is 11.3.